The third kappa shape index (κ3) is 3.93. The van der Waals surface area contributed by atoms with Crippen molar-refractivity contribution in [3.8, 4) is 0 Å². The van der Waals surface area contributed by atoms with Gasteiger partial charge in [0.05, 0.1) is 17.5 Å². The summed E-state index contributed by atoms with van der Waals surface area (Å²) in [6.07, 6.45) is 2.72. The Kier molecular flexibility index (Phi) is 4.58. The Morgan fingerprint density at radius 2 is 1.89 bits per heavy atom. The molecule has 7 heteroatoms. The number of carbonyl (C=O) groups excluding carboxylic acids is 1. The Hall–Kier alpha value is -2.15. The van der Waals surface area contributed by atoms with Crippen LogP contribution in [0.4, 0.5) is 5.69 Å². The first-order valence-electron chi connectivity index (χ1n) is 9.53. The largest absolute Gasteiger partial charge is 0.321 e. The minimum Gasteiger partial charge on any atom is -0.321 e. The van der Waals surface area contributed by atoms with Gasteiger partial charge in [0.1, 0.15) is 0 Å². The molecule has 1 saturated carbocycles. The van der Waals surface area contributed by atoms with Crippen molar-refractivity contribution in [3.63, 3.8) is 0 Å². The van der Waals surface area contributed by atoms with Crippen LogP contribution in [-0.2, 0) is 9.84 Å². The number of nitrogens with zero attached hydrogens (tertiary/aromatic N) is 2. The highest BCUT2D eigenvalue weighted by Crippen LogP contribution is 2.42. The molecule has 4 rings (SSSR count). The molecule has 0 bridgehead atoms. The summed E-state index contributed by atoms with van der Waals surface area (Å²) >= 11 is 0. The third-order valence-corrected chi connectivity index (χ3v) is 7.13. The maximum absolute atomic E-state index is 12.7. The third-order valence-electron chi connectivity index (χ3n) is 5.38. The van der Waals surface area contributed by atoms with Gasteiger partial charge in [-0.1, -0.05) is 26.0 Å². The van der Waals surface area contributed by atoms with E-state index >= 15 is 0 Å². The summed E-state index contributed by atoms with van der Waals surface area (Å²) in [5.74, 6) is 0.896. The zero-order valence-electron chi connectivity index (χ0n) is 15.7. The van der Waals surface area contributed by atoms with Gasteiger partial charge in [0, 0.05) is 17.3 Å². The lowest BCUT2D eigenvalue weighted by atomic mass is 10.0. The molecule has 2 heterocycles. The van der Waals surface area contributed by atoms with Crippen molar-refractivity contribution in [2.75, 3.05) is 16.8 Å². The van der Waals surface area contributed by atoms with Crippen LogP contribution in [0, 0.1) is 0 Å². The van der Waals surface area contributed by atoms with Gasteiger partial charge in [-0.25, -0.2) is 8.42 Å². The maximum atomic E-state index is 12.7. The molecule has 1 N–H and O–H groups in total. The molecule has 2 aliphatic rings. The number of hydrogen-bond acceptors (Lipinski definition) is 4. The van der Waals surface area contributed by atoms with Crippen molar-refractivity contribution >= 4 is 21.4 Å². The van der Waals surface area contributed by atoms with E-state index in [2.05, 4.69) is 24.3 Å². The van der Waals surface area contributed by atoms with Crippen LogP contribution in [0.5, 0.6) is 0 Å². The van der Waals surface area contributed by atoms with Crippen LogP contribution in [0.25, 0.3) is 0 Å². The molecule has 6 nitrogen and oxygen atoms in total. The Morgan fingerprint density at radius 3 is 2.44 bits per heavy atom. The van der Waals surface area contributed by atoms with Gasteiger partial charge in [-0.05, 0) is 48.9 Å². The molecule has 1 aliphatic carbocycles. The molecule has 0 spiro atoms. The van der Waals surface area contributed by atoms with E-state index in [4.69, 9.17) is 0 Å². The minimum atomic E-state index is -3.00. The van der Waals surface area contributed by atoms with Crippen molar-refractivity contribution in [2.45, 2.75) is 51.0 Å². The number of benzene rings is 1. The monoisotopic (exact) mass is 387 g/mol. The van der Waals surface area contributed by atoms with Gasteiger partial charge in [-0.2, -0.15) is 5.10 Å². The topological polar surface area (TPSA) is 81.1 Å². The molecular weight excluding hydrogens is 362 g/mol. The van der Waals surface area contributed by atoms with Crippen LogP contribution in [0.3, 0.4) is 0 Å². The van der Waals surface area contributed by atoms with Gasteiger partial charge in [0.2, 0.25) is 0 Å². The smallest absolute Gasteiger partial charge is 0.276 e. The molecule has 1 aliphatic heterocycles. The Labute approximate surface area is 159 Å². The summed E-state index contributed by atoms with van der Waals surface area (Å²) in [6, 6.07) is 9.50. The number of nitrogens with one attached hydrogen (secondary N) is 1. The van der Waals surface area contributed by atoms with E-state index in [0.29, 0.717) is 24.0 Å². The number of carbonyl (C=O) groups is 1. The zero-order chi connectivity index (χ0) is 19.2. The van der Waals surface area contributed by atoms with E-state index in [1.165, 1.54) is 5.56 Å². The molecule has 27 heavy (non-hydrogen) atoms. The zero-order valence-corrected chi connectivity index (χ0v) is 16.5. The lowest BCUT2D eigenvalue weighted by Crippen LogP contribution is -2.17. The van der Waals surface area contributed by atoms with Crippen LogP contribution >= 0.6 is 0 Å². The van der Waals surface area contributed by atoms with E-state index < -0.39 is 9.84 Å². The molecule has 2 aromatic rings. The average molecular weight is 388 g/mol. The summed E-state index contributed by atoms with van der Waals surface area (Å²) in [5.41, 5.74) is 3.30. The molecule has 1 aromatic carbocycles. The van der Waals surface area contributed by atoms with Gasteiger partial charge in [-0.3, -0.25) is 9.48 Å². The summed E-state index contributed by atoms with van der Waals surface area (Å²) in [7, 11) is -3.00. The standard InChI is InChI=1S/C20H25N3O3S/c1-13(2)14-5-7-16(8-6-14)21-20(24)18-11-19(15-3-4-15)23(22-18)17-9-10-27(25,26)12-17/h5-8,11,13,15,17H,3-4,9-10,12H2,1-2H3,(H,21,24). The molecule has 144 valence electrons. The second-order valence-corrected chi connectivity index (χ2v) is 10.2. The fraction of sp³-hybridized carbons (Fsp3) is 0.500. The first kappa shape index (κ1) is 18.2. The van der Waals surface area contributed by atoms with Gasteiger partial charge in [-0.15, -0.1) is 0 Å². The number of rotatable bonds is 5. The molecule has 2 fully saturated rings. The van der Waals surface area contributed by atoms with Crippen molar-refractivity contribution in [3.05, 3.63) is 47.3 Å². The Bertz CT molecular complexity index is 957. The van der Waals surface area contributed by atoms with Crippen molar-refractivity contribution in [1.29, 1.82) is 0 Å². The summed E-state index contributed by atoms with van der Waals surface area (Å²) < 4.78 is 25.5. The van der Waals surface area contributed by atoms with E-state index in [0.717, 1.165) is 24.2 Å². The lowest BCUT2D eigenvalue weighted by Gasteiger charge is -2.12. The van der Waals surface area contributed by atoms with Crippen molar-refractivity contribution in [2.24, 2.45) is 0 Å². The van der Waals surface area contributed by atoms with Crippen LogP contribution in [-0.4, -0.2) is 35.6 Å². The Balaban J connectivity index is 1.54. The van der Waals surface area contributed by atoms with Crippen LogP contribution in [0.1, 0.15) is 72.7 Å². The summed E-state index contributed by atoms with van der Waals surface area (Å²) in [5, 5.41) is 7.40. The van der Waals surface area contributed by atoms with E-state index in [-0.39, 0.29) is 23.5 Å². The Morgan fingerprint density at radius 1 is 1.19 bits per heavy atom. The number of anilines is 1. The molecule has 1 saturated heterocycles. The summed E-state index contributed by atoms with van der Waals surface area (Å²) in [6.45, 7) is 4.26. The molecule has 1 aromatic heterocycles. The lowest BCUT2D eigenvalue weighted by molar-refractivity contribution is 0.102. The second-order valence-electron chi connectivity index (χ2n) is 7.96. The molecule has 1 atom stereocenters. The highest BCUT2D eigenvalue weighted by molar-refractivity contribution is 7.91. The fourth-order valence-electron chi connectivity index (χ4n) is 3.61. The van der Waals surface area contributed by atoms with Crippen LogP contribution in [0.15, 0.2) is 30.3 Å². The average Bonchev–Trinajstić information content (AvgIpc) is 3.26. The number of aromatic nitrogens is 2. The molecule has 1 unspecified atom stereocenters. The normalized spacial score (nSPS) is 21.5. The highest BCUT2D eigenvalue weighted by atomic mass is 32.2. The quantitative estimate of drug-likeness (QED) is 0.851. The number of hydrogen-bond donors (Lipinski definition) is 1. The van der Waals surface area contributed by atoms with Gasteiger partial charge >= 0.3 is 0 Å². The van der Waals surface area contributed by atoms with Crippen LogP contribution < -0.4 is 5.32 Å². The highest BCUT2D eigenvalue weighted by Gasteiger charge is 2.36. The van der Waals surface area contributed by atoms with E-state index in [9.17, 15) is 13.2 Å². The number of amides is 1. The van der Waals surface area contributed by atoms with Crippen molar-refractivity contribution in [1.82, 2.24) is 9.78 Å². The maximum Gasteiger partial charge on any atom is 0.276 e. The van der Waals surface area contributed by atoms with Crippen LogP contribution in [0.2, 0.25) is 0 Å². The fourth-order valence-corrected chi connectivity index (χ4v) is 5.30. The molecular formula is C20H25N3O3S. The van der Waals surface area contributed by atoms with Gasteiger partial charge < -0.3 is 5.32 Å². The summed E-state index contributed by atoms with van der Waals surface area (Å²) in [4.78, 5) is 12.7. The van der Waals surface area contributed by atoms with Gasteiger partial charge in [0.15, 0.2) is 15.5 Å². The predicted octanol–water partition coefficient (Wildman–Crippen LogP) is 3.50. The van der Waals surface area contributed by atoms with Gasteiger partial charge in [0.25, 0.3) is 5.91 Å². The minimum absolute atomic E-state index is 0.117. The molecule has 1 amide bonds. The van der Waals surface area contributed by atoms with E-state index in [1.54, 1.807) is 4.68 Å². The SMILES string of the molecule is CC(C)c1ccc(NC(=O)c2cc(C3CC3)n(C3CCS(=O)(=O)C3)n2)cc1. The first-order chi connectivity index (χ1) is 12.8. The predicted molar refractivity (Wildman–Crippen MR) is 105 cm³/mol. The second kappa shape index (κ2) is 6.78. The van der Waals surface area contributed by atoms with Crippen molar-refractivity contribution < 1.29 is 13.2 Å². The molecule has 0 radical (unpaired) electrons. The van der Waals surface area contributed by atoms with E-state index in [1.807, 2.05) is 30.3 Å². The first-order valence-corrected chi connectivity index (χ1v) is 11.4. The number of sulfone groups is 1.